The van der Waals surface area contributed by atoms with Crippen molar-refractivity contribution in [1.29, 1.82) is 0 Å². The Morgan fingerprint density at radius 2 is 2.18 bits per heavy atom. The van der Waals surface area contributed by atoms with Crippen LogP contribution in [0.15, 0.2) is 6.20 Å². The normalized spacial score (nSPS) is 22.6. The van der Waals surface area contributed by atoms with Gasteiger partial charge in [-0.05, 0) is 32.6 Å². The van der Waals surface area contributed by atoms with E-state index < -0.39 is 14.8 Å². The molecule has 1 aliphatic carbocycles. The van der Waals surface area contributed by atoms with Gasteiger partial charge in [-0.1, -0.05) is 5.21 Å². The first kappa shape index (κ1) is 15.4. The fraction of sp³-hybridized carbons (Fsp3) is 0.769. The highest BCUT2D eigenvalue weighted by molar-refractivity contribution is 7.90. The Balaban J connectivity index is 1.66. The first-order valence-corrected chi connectivity index (χ1v) is 8.95. The van der Waals surface area contributed by atoms with Crippen molar-refractivity contribution in [3.8, 4) is 0 Å². The maximum atomic E-state index is 12.6. The summed E-state index contributed by atoms with van der Waals surface area (Å²) < 4.78 is 32.3. The molecule has 0 unspecified atom stereocenters. The summed E-state index contributed by atoms with van der Waals surface area (Å²) in [5, 5.41) is 7.80. The van der Waals surface area contributed by atoms with Crippen LogP contribution in [0.25, 0.3) is 0 Å². The number of esters is 1. The smallest absolute Gasteiger partial charge is 0.327 e. The molecule has 0 amide bonds. The second kappa shape index (κ2) is 5.62. The van der Waals surface area contributed by atoms with Crippen LogP contribution in [0.4, 0.5) is 0 Å². The van der Waals surface area contributed by atoms with Gasteiger partial charge in [0.15, 0.2) is 0 Å². The predicted octanol–water partition coefficient (Wildman–Crippen LogP) is 0.299. The van der Waals surface area contributed by atoms with E-state index in [0.717, 1.165) is 25.7 Å². The lowest BCUT2D eigenvalue weighted by molar-refractivity contribution is -0.144. The van der Waals surface area contributed by atoms with E-state index in [9.17, 15) is 13.2 Å². The molecule has 2 fully saturated rings. The number of hydrogen-bond acceptors (Lipinski definition) is 6. The monoisotopic (exact) mass is 328 g/mol. The van der Waals surface area contributed by atoms with Crippen LogP contribution in [-0.2, 0) is 32.6 Å². The van der Waals surface area contributed by atoms with E-state index in [1.165, 1.54) is 8.99 Å². The molecule has 9 heteroatoms. The van der Waals surface area contributed by atoms with E-state index in [-0.39, 0.29) is 19.1 Å². The molecule has 1 aliphatic heterocycles. The van der Waals surface area contributed by atoms with Crippen molar-refractivity contribution in [2.75, 3.05) is 13.2 Å². The third-order valence-electron chi connectivity index (χ3n) is 4.26. The van der Waals surface area contributed by atoms with Gasteiger partial charge in [-0.25, -0.2) is 13.1 Å². The van der Waals surface area contributed by atoms with Crippen molar-refractivity contribution >= 4 is 16.0 Å². The van der Waals surface area contributed by atoms with E-state index in [1.54, 1.807) is 13.1 Å². The maximum Gasteiger partial charge on any atom is 0.327 e. The van der Waals surface area contributed by atoms with Crippen LogP contribution in [0.2, 0.25) is 0 Å². The minimum absolute atomic E-state index is 0.0163. The second-order valence-electron chi connectivity index (χ2n) is 5.84. The van der Waals surface area contributed by atoms with Crippen molar-refractivity contribution in [2.45, 2.75) is 50.4 Å². The summed E-state index contributed by atoms with van der Waals surface area (Å²) in [5.74, 6) is -0.388. The van der Waals surface area contributed by atoms with Gasteiger partial charge in [-0.3, -0.25) is 4.79 Å². The molecule has 2 aliphatic rings. The molecule has 8 nitrogen and oxygen atoms in total. The average molecular weight is 328 g/mol. The Bertz CT molecular complexity index is 665. The molecule has 0 N–H and O–H groups in total. The van der Waals surface area contributed by atoms with Gasteiger partial charge in [-0.15, -0.1) is 5.10 Å². The number of carbonyl (C=O) groups excluding carboxylic acids is 1. The Hall–Kier alpha value is -1.48. The van der Waals surface area contributed by atoms with Gasteiger partial charge in [0.05, 0.1) is 29.8 Å². The number of hydrogen-bond donors (Lipinski definition) is 0. The third-order valence-corrected chi connectivity index (χ3v) is 6.95. The standard InChI is InChI=1S/C13H20N4O4S/c1-2-21-12(18)10-16-8-11(14-15-16)9-17-7-3-4-13(5-6-13)22(17,19)20/h8H,2-7,9-10H2,1H3. The van der Waals surface area contributed by atoms with Crippen molar-refractivity contribution < 1.29 is 17.9 Å². The molecule has 1 aromatic rings. The Morgan fingerprint density at radius 3 is 2.86 bits per heavy atom. The minimum atomic E-state index is -3.25. The lowest BCUT2D eigenvalue weighted by Gasteiger charge is -2.31. The quantitative estimate of drug-likeness (QED) is 0.722. The van der Waals surface area contributed by atoms with Gasteiger partial charge in [-0.2, -0.15) is 4.31 Å². The molecule has 0 radical (unpaired) electrons. The summed E-state index contributed by atoms with van der Waals surface area (Å²) >= 11 is 0. The van der Waals surface area contributed by atoms with Crippen LogP contribution in [-0.4, -0.2) is 51.6 Å². The first-order valence-electron chi connectivity index (χ1n) is 7.51. The number of carbonyl (C=O) groups is 1. The summed E-state index contributed by atoms with van der Waals surface area (Å²) in [6.07, 6.45) is 4.78. The van der Waals surface area contributed by atoms with Gasteiger partial charge in [0.1, 0.15) is 6.54 Å². The van der Waals surface area contributed by atoms with Crippen LogP contribution in [0, 0.1) is 0 Å². The molecule has 1 saturated heterocycles. The molecule has 2 heterocycles. The van der Waals surface area contributed by atoms with Crippen LogP contribution >= 0.6 is 0 Å². The van der Waals surface area contributed by atoms with Crippen LogP contribution in [0.3, 0.4) is 0 Å². The van der Waals surface area contributed by atoms with Crippen molar-refractivity contribution in [2.24, 2.45) is 0 Å². The highest BCUT2D eigenvalue weighted by Crippen LogP contribution is 2.51. The third kappa shape index (κ3) is 2.74. The van der Waals surface area contributed by atoms with E-state index in [0.29, 0.717) is 18.8 Å². The number of ether oxygens (including phenoxy) is 1. The number of sulfonamides is 1. The highest BCUT2D eigenvalue weighted by atomic mass is 32.2. The van der Waals surface area contributed by atoms with E-state index in [4.69, 9.17) is 4.74 Å². The topological polar surface area (TPSA) is 94.4 Å². The molecule has 0 atom stereocenters. The summed E-state index contributed by atoms with van der Waals surface area (Å²) in [5.41, 5.74) is 0.547. The molecular formula is C13H20N4O4S. The van der Waals surface area contributed by atoms with Gasteiger partial charge in [0.25, 0.3) is 0 Å². The first-order chi connectivity index (χ1) is 10.5. The van der Waals surface area contributed by atoms with Gasteiger partial charge in [0.2, 0.25) is 10.0 Å². The Morgan fingerprint density at radius 1 is 1.41 bits per heavy atom. The fourth-order valence-electron chi connectivity index (χ4n) is 2.92. The zero-order valence-electron chi connectivity index (χ0n) is 12.6. The molecule has 1 spiro atoms. The Labute approximate surface area is 129 Å². The van der Waals surface area contributed by atoms with Gasteiger partial charge in [0, 0.05) is 6.54 Å². The fourth-order valence-corrected chi connectivity index (χ4v) is 5.16. The van der Waals surface area contributed by atoms with E-state index in [1.807, 2.05) is 0 Å². The molecule has 122 valence electrons. The minimum Gasteiger partial charge on any atom is -0.465 e. The molecule has 0 bridgehead atoms. The summed E-state index contributed by atoms with van der Waals surface area (Å²) in [6.45, 7) is 2.77. The van der Waals surface area contributed by atoms with Crippen LogP contribution in [0.1, 0.15) is 38.3 Å². The van der Waals surface area contributed by atoms with Gasteiger partial charge < -0.3 is 4.74 Å². The lowest BCUT2D eigenvalue weighted by Crippen LogP contribution is -2.44. The Kier molecular flexibility index (Phi) is 3.94. The molecule has 0 aromatic carbocycles. The molecule has 22 heavy (non-hydrogen) atoms. The molecule has 1 aromatic heterocycles. The summed E-state index contributed by atoms with van der Waals surface area (Å²) in [4.78, 5) is 11.4. The zero-order valence-corrected chi connectivity index (χ0v) is 13.4. The molecule has 3 rings (SSSR count). The highest BCUT2D eigenvalue weighted by Gasteiger charge is 2.58. The largest absolute Gasteiger partial charge is 0.465 e. The van der Waals surface area contributed by atoms with E-state index >= 15 is 0 Å². The average Bonchev–Trinajstić information content (AvgIpc) is 3.12. The maximum absolute atomic E-state index is 12.6. The summed E-state index contributed by atoms with van der Waals surface area (Å²) in [7, 11) is -3.25. The molecule has 1 saturated carbocycles. The number of rotatable bonds is 5. The predicted molar refractivity (Wildman–Crippen MR) is 77.2 cm³/mol. The van der Waals surface area contributed by atoms with Crippen molar-refractivity contribution in [3.63, 3.8) is 0 Å². The van der Waals surface area contributed by atoms with Crippen molar-refractivity contribution in [3.05, 3.63) is 11.9 Å². The summed E-state index contributed by atoms with van der Waals surface area (Å²) in [6, 6.07) is 0. The number of nitrogens with zero attached hydrogens (tertiary/aromatic N) is 4. The van der Waals surface area contributed by atoms with Gasteiger partial charge >= 0.3 is 5.97 Å². The zero-order chi connectivity index (χ0) is 15.8. The number of aromatic nitrogens is 3. The van der Waals surface area contributed by atoms with E-state index in [2.05, 4.69) is 10.3 Å². The second-order valence-corrected chi connectivity index (χ2v) is 8.17. The lowest BCUT2D eigenvalue weighted by atomic mass is 10.2. The molecular weight excluding hydrogens is 308 g/mol. The SMILES string of the molecule is CCOC(=O)Cn1cc(CN2CCCC3(CC3)S2(=O)=O)nn1. The van der Waals surface area contributed by atoms with Crippen LogP contribution in [0.5, 0.6) is 0 Å². The van der Waals surface area contributed by atoms with Crippen LogP contribution < -0.4 is 0 Å². The van der Waals surface area contributed by atoms with Crippen molar-refractivity contribution in [1.82, 2.24) is 19.3 Å².